The molecule has 0 aromatic carbocycles. The Morgan fingerprint density at radius 1 is 1.45 bits per heavy atom. The quantitative estimate of drug-likeness (QED) is 0.856. The number of halogens is 1. The number of hydrogen-bond acceptors (Lipinski definition) is 4. The smallest absolute Gasteiger partial charge is 0.269 e. The minimum Gasteiger partial charge on any atom is -0.373 e. The van der Waals surface area contributed by atoms with E-state index in [1.54, 1.807) is 24.0 Å². The molecule has 0 aliphatic carbocycles. The van der Waals surface area contributed by atoms with Crippen molar-refractivity contribution >= 4 is 17.3 Å². The minimum absolute atomic E-state index is 0.151. The molecule has 0 fully saturated rings. The van der Waals surface area contributed by atoms with Crippen molar-refractivity contribution in [3.05, 3.63) is 39.0 Å². The van der Waals surface area contributed by atoms with E-state index in [9.17, 15) is 4.79 Å². The highest BCUT2D eigenvalue weighted by Gasteiger charge is 2.13. The van der Waals surface area contributed by atoms with Gasteiger partial charge in [-0.1, -0.05) is 11.6 Å². The van der Waals surface area contributed by atoms with Crippen molar-refractivity contribution in [1.82, 2.24) is 19.6 Å². The fourth-order valence-corrected chi connectivity index (χ4v) is 2.17. The van der Waals surface area contributed by atoms with Gasteiger partial charge in [-0.3, -0.25) is 9.48 Å². The van der Waals surface area contributed by atoms with Gasteiger partial charge >= 0.3 is 0 Å². The monoisotopic (exact) mass is 295 g/mol. The molecule has 0 unspecified atom stereocenters. The fourth-order valence-electron chi connectivity index (χ4n) is 1.94. The second-order valence-electron chi connectivity index (χ2n) is 4.70. The molecule has 108 valence electrons. The molecular formula is C13H18ClN5O. The van der Waals surface area contributed by atoms with E-state index in [0.717, 1.165) is 23.5 Å². The predicted molar refractivity (Wildman–Crippen MR) is 79.5 cm³/mol. The maximum absolute atomic E-state index is 12.1. The molecule has 2 rings (SSSR count). The second kappa shape index (κ2) is 5.66. The van der Waals surface area contributed by atoms with Crippen LogP contribution < -0.4 is 10.5 Å². The van der Waals surface area contributed by atoms with Crippen molar-refractivity contribution in [3.63, 3.8) is 0 Å². The van der Waals surface area contributed by atoms with Gasteiger partial charge in [-0.2, -0.15) is 10.2 Å². The predicted octanol–water partition coefficient (Wildman–Crippen LogP) is 1.44. The Labute approximate surface area is 122 Å². The van der Waals surface area contributed by atoms with Gasteiger partial charge in [-0.05, 0) is 13.8 Å². The maximum atomic E-state index is 12.1. The molecular weight excluding hydrogens is 278 g/mol. The molecule has 0 atom stereocenters. The van der Waals surface area contributed by atoms with Gasteiger partial charge in [0.05, 0.1) is 24.1 Å². The standard InChI is InChI=1S/C13H18ClN5O/c1-5-17(3)10-6-12(20)19(15-7-10)8-11-9(2)16-18(4)13(11)14/h6-7H,5,8H2,1-4H3. The van der Waals surface area contributed by atoms with E-state index in [0.29, 0.717) is 11.7 Å². The van der Waals surface area contributed by atoms with Crippen LogP contribution >= 0.6 is 11.6 Å². The largest absolute Gasteiger partial charge is 0.373 e. The zero-order chi connectivity index (χ0) is 14.9. The summed E-state index contributed by atoms with van der Waals surface area (Å²) in [4.78, 5) is 14.1. The van der Waals surface area contributed by atoms with Crippen LogP contribution in [0.4, 0.5) is 5.69 Å². The number of rotatable bonds is 4. The van der Waals surface area contributed by atoms with Crippen molar-refractivity contribution in [2.75, 3.05) is 18.5 Å². The Morgan fingerprint density at radius 3 is 2.65 bits per heavy atom. The lowest BCUT2D eigenvalue weighted by molar-refractivity contribution is 0.635. The van der Waals surface area contributed by atoms with Gasteiger partial charge in [0.2, 0.25) is 0 Å². The summed E-state index contributed by atoms with van der Waals surface area (Å²) in [5.74, 6) is 0. The topological polar surface area (TPSA) is 56.0 Å². The molecule has 0 aliphatic rings. The first kappa shape index (κ1) is 14.6. The molecule has 7 heteroatoms. The van der Waals surface area contributed by atoms with E-state index in [1.165, 1.54) is 4.68 Å². The second-order valence-corrected chi connectivity index (χ2v) is 5.06. The number of hydrogen-bond donors (Lipinski definition) is 0. The first-order chi connectivity index (χ1) is 9.43. The van der Waals surface area contributed by atoms with Crippen LogP contribution in [0.2, 0.25) is 5.15 Å². The van der Waals surface area contributed by atoms with Gasteiger partial charge in [0.25, 0.3) is 5.56 Å². The van der Waals surface area contributed by atoms with Crippen molar-refractivity contribution in [2.24, 2.45) is 7.05 Å². The number of aromatic nitrogens is 4. The number of nitrogens with zero attached hydrogens (tertiary/aromatic N) is 5. The molecule has 0 amide bonds. The first-order valence-electron chi connectivity index (χ1n) is 6.40. The van der Waals surface area contributed by atoms with Crippen LogP contribution in [0.5, 0.6) is 0 Å². The number of aryl methyl sites for hydroxylation is 2. The third-order valence-electron chi connectivity index (χ3n) is 3.35. The van der Waals surface area contributed by atoms with Crippen LogP contribution in [0, 0.1) is 6.92 Å². The summed E-state index contributed by atoms with van der Waals surface area (Å²) in [6.07, 6.45) is 1.69. The summed E-state index contributed by atoms with van der Waals surface area (Å²) < 4.78 is 2.99. The average Bonchev–Trinajstić information content (AvgIpc) is 2.66. The minimum atomic E-state index is -0.151. The fraction of sp³-hybridized carbons (Fsp3) is 0.462. The number of anilines is 1. The zero-order valence-electron chi connectivity index (χ0n) is 12.1. The highest BCUT2D eigenvalue weighted by Crippen LogP contribution is 2.19. The Morgan fingerprint density at radius 2 is 2.15 bits per heavy atom. The lowest BCUT2D eigenvalue weighted by Crippen LogP contribution is -2.26. The van der Waals surface area contributed by atoms with Crippen LogP contribution in [0.1, 0.15) is 18.2 Å². The molecule has 0 spiro atoms. The van der Waals surface area contributed by atoms with Crippen LogP contribution in [0.25, 0.3) is 0 Å². The van der Waals surface area contributed by atoms with E-state index in [2.05, 4.69) is 10.2 Å². The first-order valence-corrected chi connectivity index (χ1v) is 6.78. The Kier molecular flexibility index (Phi) is 4.13. The van der Waals surface area contributed by atoms with Crippen LogP contribution in [-0.2, 0) is 13.6 Å². The highest BCUT2D eigenvalue weighted by molar-refractivity contribution is 6.30. The summed E-state index contributed by atoms with van der Waals surface area (Å²) in [6.45, 7) is 5.03. The van der Waals surface area contributed by atoms with Gasteiger partial charge in [0, 0.05) is 32.3 Å². The van der Waals surface area contributed by atoms with Crippen LogP contribution in [0.3, 0.4) is 0 Å². The summed E-state index contributed by atoms with van der Waals surface area (Å²) in [5, 5.41) is 8.96. The van der Waals surface area contributed by atoms with Gasteiger partial charge in [-0.25, -0.2) is 4.68 Å². The van der Waals surface area contributed by atoms with Crippen molar-refractivity contribution < 1.29 is 0 Å². The Bertz CT molecular complexity index is 676. The van der Waals surface area contributed by atoms with E-state index in [1.807, 2.05) is 25.8 Å². The van der Waals surface area contributed by atoms with Gasteiger partial charge in [0.1, 0.15) is 5.15 Å². The van der Waals surface area contributed by atoms with E-state index in [-0.39, 0.29) is 5.56 Å². The highest BCUT2D eigenvalue weighted by atomic mass is 35.5. The molecule has 0 N–H and O–H groups in total. The molecule has 0 saturated carbocycles. The third kappa shape index (κ3) is 2.70. The van der Waals surface area contributed by atoms with Crippen molar-refractivity contribution in [3.8, 4) is 0 Å². The molecule has 0 bridgehead atoms. The normalized spacial score (nSPS) is 10.8. The van der Waals surface area contributed by atoms with Gasteiger partial charge in [-0.15, -0.1) is 0 Å². The van der Waals surface area contributed by atoms with Gasteiger partial charge in [0.15, 0.2) is 0 Å². The summed E-state index contributed by atoms with van der Waals surface area (Å²) in [7, 11) is 3.69. The molecule has 2 heterocycles. The van der Waals surface area contributed by atoms with Crippen molar-refractivity contribution in [1.29, 1.82) is 0 Å². The maximum Gasteiger partial charge on any atom is 0.269 e. The van der Waals surface area contributed by atoms with E-state index in [4.69, 9.17) is 11.6 Å². The molecule has 20 heavy (non-hydrogen) atoms. The zero-order valence-corrected chi connectivity index (χ0v) is 12.8. The Balaban J connectivity index is 2.33. The van der Waals surface area contributed by atoms with Crippen molar-refractivity contribution in [2.45, 2.75) is 20.4 Å². The molecule has 0 aliphatic heterocycles. The Hall–Kier alpha value is -1.82. The third-order valence-corrected chi connectivity index (χ3v) is 3.82. The summed E-state index contributed by atoms with van der Waals surface area (Å²) in [5.41, 5.74) is 2.28. The van der Waals surface area contributed by atoms with E-state index < -0.39 is 0 Å². The lowest BCUT2D eigenvalue weighted by atomic mass is 10.2. The summed E-state index contributed by atoms with van der Waals surface area (Å²) in [6, 6.07) is 1.58. The lowest BCUT2D eigenvalue weighted by Gasteiger charge is -2.16. The molecule has 2 aromatic rings. The van der Waals surface area contributed by atoms with Gasteiger partial charge < -0.3 is 4.90 Å². The van der Waals surface area contributed by atoms with Crippen LogP contribution in [-0.4, -0.2) is 33.2 Å². The molecule has 0 radical (unpaired) electrons. The molecule has 2 aromatic heterocycles. The molecule has 0 saturated heterocycles. The van der Waals surface area contributed by atoms with Crippen LogP contribution in [0.15, 0.2) is 17.1 Å². The summed E-state index contributed by atoms with van der Waals surface area (Å²) >= 11 is 6.17. The SMILES string of the molecule is CCN(C)c1cnn(Cc2c(C)nn(C)c2Cl)c(=O)c1. The molecule has 6 nitrogen and oxygen atoms in total. The van der Waals surface area contributed by atoms with E-state index >= 15 is 0 Å². The average molecular weight is 296 g/mol.